The summed E-state index contributed by atoms with van der Waals surface area (Å²) in [5.41, 5.74) is 1.06. The van der Waals surface area contributed by atoms with E-state index in [4.69, 9.17) is 4.74 Å². The van der Waals surface area contributed by atoms with E-state index >= 15 is 0 Å². The van der Waals surface area contributed by atoms with Gasteiger partial charge in [-0.1, -0.05) is 42.5 Å². The molecule has 3 heteroatoms. The van der Waals surface area contributed by atoms with Gasteiger partial charge in [-0.15, -0.1) is 0 Å². The molecule has 0 atom stereocenters. The van der Waals surface area contributed by atoms with E-state index in [2.05, 4.69) is 23.5 Å². The third kappa shape index (κ3) is 3.58. The normalized spacial score (nSPS) is 10.8. The van der Waals surface area contributed by atoms with E-state index < -0.39 is 0 Å². The van der Waals surface area contributed by atoms with Gasteiger partial charge < -0.3 is 10.1 Å². The van der Waals surface area contributed by atoms with Gasteiger partial charge in [0.2, 0.25) is 0 Å². The minimum Gasteiger partial charge on any atom is -0.463 e. The fraction of sp³-hybridized carbons (Fsp3) is 0.188. The summed E-state index contributed by atoms with van der Waals surface area (Å²) >= 11 is 0. The number of ether oxygens (including phenoxy) is 1. The minimum absolute atomic E-state index is 0.304. The molecule has 19 heavy (non-hydrogen) atoms. The standard InChI is InChI=1S/C16H17NO2/c1-2-19-16(18)11-6-12-17-15-10-5-8-13-7-3-4-9-14(13)15/h3-11,17H,2,12H2,1H3/b11-6+. The van der Waals surface area contributed by atoms with Crippen molar-refractivity contribution in [3.63, 3.8) is 0 Å². The van der Waals surface area contributed by atoms with Crippen LogP contribution in [0, 0.1) is 0 Å². The van der Waals surface area contributed by atoms with Crippen LogP contribution < -0.4 is 5.32 Å². The molecule has 2 aromatic rings. The largest absolute Gasteiger partial charge is 0.463 e. The van der Waals surface area contributed by atoms with E-state index in [9.17, 15) is 4.79 Å². The van der Waals surface area contributed by atoms with Gasteiger partial charge in [0, 0.05) is 23.7 Å². The maximum atomic E-state index is 11.1. The summed E-state index contributed by atoms with van der Waals surface area (Å²) in [6.45, 7) is 2.78. The average molecular weight is 255 g/mol. The van der Waals surface area contributed by atoms with Gasteiger partial charge in [0.05, 0.1) is 6.61 Å². The monoisotopic (exact) mass is 255 g/mol. The molecule has 98 valence electrons. The summed E-state index contributed by atoms with van der Waals surface area (Å²) < 4.78 is 4.81. The second-order valence-electron chi connectivity index (χ2n) is 4.06. The molecule has 0 unspecified atom stereocenters. The van der Waals surface area contributed by atoms with Crippen LogP contribution in [0.1, 0.15) is 6.92 Å². The molecule has 0 radical (unpaired) electrons. The number of hydrogen-bond acceptors (Lipinski definition) is 3. The molecule has 0 spiro atoms. The van der Waals surface area contributed by atoms with Crippen LogP contribution in [0.15, 0.2) is 54.6 Å². The number of benzene rings is 2. The smallest absolute Gasteiger partial charge is 0.330 e. The Labute approximate surface area is 112 Å². The molecular weight excluding hydrogens is 238 g/mol. The van der Waals surface area contributed by atoms with Crippen LogP contribution >= 0.6 is 0 Å². The predicted octanol–water partition coefficient (Wildman–Crippen LogP) is 3.37. The number of carbonyl (C=O) groups excluding carboxylic acids is 1. The van der Waals surface area contributed by atoms with Crippen molar-refractivity contribution in [1.29, 1.82) is 0 Å². The predicted molar refractivity (Wildman–Crippen MR) is 78.2 cm³/mol. The summed E-state index contributed by atoms with van der Waals surface area (Å²) in [6.07, 6.45) is 3.21. The number of fused-ring (bicyclic) bond motifs is 1. The van der Waals surface area contributed by atoms with E-state index in [1.165, 1.54) is 16.8 Å². The lowest BCUT2D eigenvalue weighted by Gasteiger charge is -2.07. The van der Waals surface area contributed by atoms with Crippen molar-refractivity contribution in [2.45, 2.75) is 6.92 Å². The van der Waals surface area contributed by atoms with Crippen molar-refractivity contribution in [1.82, 2.24) is 0 Å². The van der Waals surface area contributed by atoms with Crippen LogP contribution in [-0.2, 0) is 9.53 Å². The summed E-state index contributed by atoms with van der Waals surface area (Å²) in [5, 5.41) is 5.66. The first-order valence-corrected chi connectivity index (χ1v) is 6.36. The van der Waals surface area contributed by atoms with E-state index in [1.807, 2.05) is 24.3 Å². The lowest BCUT2D eigenvalue weighted by molar-refractivity contribution is -0.137. The highest BCUT2D eigenvalue weighted by atomic mass is 16.5. The third-order valence-electron chi connectivity index (χ3n) is 2.74. The van der Waals surface area contributed by atoms with Crippen molar-refractivity contribution < 1.29 is 9.53 Å². The highest BCUT2D eigenvalue weighted by molar-refractivity contribution is 5.93. The first-order valence-electron chi connectivity index (χ1n) is 6.36. The van der Waals surface area contributed by atoms with Crippen LogP contribution in [-0.4, -0.2) is 19.1 Å². The van der Waals surface area contributed by atoms with Crippen LogP contribution in [0.25, 0.3) is 10.8 Å². The van der Waals surface area contributed by atoms with Gasteiger partial charge in [0.25, 0.3) is 0 Å². The SMILES string of the molecule is CCOC(=O)/C=C/CNc1cccc2ccccc12. The average Bonchev–Trinajstić information content (AvgIpc) is 2.44. The Morgan fingerprint density at radius 3 is 2.84 bits per heavy atom. The quantitative estimate of drug-likeness (QED) is 0.657. The number of carbonyl (C=O) groups is 1. The second-order valence-corrected chi connectivity index (χ2v) is 4.06. The Kier molecular flexibility index (Phi) is 4.56. The number of hydrogen-bond donors (Lipinski definition) is 1. The molecule has 0 aliphatic carbocycles. The molecule has 0 aliphatic heterocycles. The molecule has 0 amide bonds. The zero-order valence-corrected chi connectivity index (χ0v) is 10.9. The van der Waals surface area contributed by atoms with Crippen molar-refractivity contribution in [2.75, 3.05) is 18.5 Å². The Hall–Kier alpha value is -2.29. The Balaban J connectivity index is 2.00. The van der Waals surface area contributed by atoms with Gasteiger partial charge in [0.1, 0.15) is 0 Å². The number of rotatable bonds is 5. The van der Waals surface area contributed by atoms with Crippen molar-refractivity contribution in [3.05, 3.63) is 54.6 Å². The number of anilines is 1. The van der Waals surface area contributed by atoms with E-state index in [0.717, 1.165) is 5.69 Å². The highest BCUT2D eigenvalue weighted by Gasteiger charge is 1.98. The van der Waals surface area contributed by atoms with Crippen LogP contribution in [0.2, 0.25) is 0 Å². The molecule has 0 aliphatic rings. The molecule has 3 nitrogen and oxygen atoms in total. The molecule has 0 saturated carbocycles. The number of nitrogens with one attached hydrogen (secondary N) is 1. The molecular formula is C16H17NO2. The fourth-order valence-corrected chi connectivity index (χ4v) is 1.89. The summed E-state index contributed by atoms with van der Waals surface area (Å²) in [6, 6.07) is 14.3. The lowest BCUT2D eigenvalue weighted by atomic mass is 10.1. The lowest BCUT2D eigenvalue weighted by Crippen LogP contribution is -2.02. The molecule has 1 N–H and O–H groups in total. The summed E-state index contributed by atoms with van der Waals surface area (Å²) in [5.74, 6) is -0.304. The molecule has 0 saturated heterocycles. The van der Waals surface area contributed by atoms with E-state index in [-0.39, 0.29) is 5.97 Å². The maximum absolute atomic E-state index is 11.1. The van der Waals surface area contributed by atoms with Gasteiger partial charge in [-0.2, -0.15) is 0 Å². The van der Waals surface area contributed by atoms with Crippen molar-refractivity contribution in [2.24, 2.45) is 0 Å². The summed E-state index contributed by atoms with van der Waals surface area (Å²) in [4.78, 5) is 11.1. The second kappa shape index (κ2) is 6.59. The third-order valence-corrected chi connectivity index (χ3v) is 2.74. The van der Waals surface area contributed by atoms with Crippen molar-refractivity contribution >= 4 is 22.4 Å². The molecule has 0 bridgehead atoms. The first kappa shape index (κ1) is 13.1. The maximum Gasteiger partial charge on any atom is 0.330 e. The fourth-order valence-electron chi connectivity index (χ4n) is 1.89. The van der Waals surface area contributed by atoms with E-state index in [0.29, 0.717) is 13.2 Å². The Morgan fingerprint density at radius 1 is 1.21 bits per heavy atom. The summed E-state index contributed by atoms with van der Waals surface area (Å²) in [7, 11) is 0. The number of esters is 1. The Morgan fingerprint density at radius 2 is 2.00 bits per heavy atom. The molecule has 0 fully saturated rings. The zero-order chi connectivity index (χ0) is 13.5. The van der Waals surface area contributed by atoms with E-state index in [1.54, 1.807) is 13.0 Å². The first-order chi connectivity index (χ1) is 9.31. The zero-order valence-electron chi connectivity index (χ0n) is 10.9. The molecule has 0 heterocycles. The van der Waals surface area contributed by atoms with Crippen LogP contribution in [0.4, 0.5) is 5.69 Å². The van der Waals surface area contributed by atoms with Gasteiger partial charge in [-0.3, -0.25) is 0 Å². The van der Waals surface area contributed by atoms with Gasteiger partial charge in [0.15, 0.2) is 0 Å². The molecule has 2 rings (SSSR count). The minimum atomic E-state index is -0.304. The van der Waals surface area contributed by atoms with Gasteiger partial charge in [-0.25, -0.2) is 4.79 Å². The topological polar surface area (TPSA) is 38.3 Å². The van der Waals surface area contributed by atoms with Crippen LogP contribution in [0.3, 0.4) is 0 Å². The Bertz CT molecular complexity index is 585. The van der Waals surface area contributed by atoms with Gasteiger partial charge in [-0.05, 0) is 18.4 Å². The van der Waals surface area contributed by atoms with Crippen LogP contribution in [0.5, 0.6) is 0 Å². The van der Waals surface area contributed by atoms with Crippen molar-refractivity contribution in [3.8, 4) is 0 Å². The van der Waals surface area contributed by atoms with Gasteiger partial charge >= 0.3 is 5.97 Å². The highest BCUT2D eigenvalue weighted by Crippen LogP contribution is 2.22. The molecule has 0 aromatic heterocycles. The molecule has 2 aromatic carbocycles.